The predicted molar refractivity (Wildman–Crippen MR) is 78.8 cm³/mol. The van der Waals surface area contributed by atoms with Crippen LogP contribution in [0.5, 0.6) is 0 Å². The number of aryl methyl sites for hydroxylation is 2. The van der Waals surface area contributed by atoms with Gasteiger partial charge in [-0.2, -0.15) is 0 Å². The van der Waals surface area contributed by atoms with E-state index >= 15 is 0 Å². The van der Waals surface area contributed by atoms with Crippen molar-refractivity contribution in [3.63, 3.8) is 0 Å². The molecule has 1 rings (SSSR count). The number of unbranched alkanes of at least 4 members (excludes halogenated alkanes) is 1. The lowest BCUT2D eigenvalue weighted by Crippen LogP contribution is -2.06. The molecule has 0 N–H and O–H groups in total. The van der Waals surface area contributed by atoms with Crippen LogP contribution in [-0.2, 0) is 0 Å². The van der Waals surface area contributed by atoms with Gasteiger partial charge >= 0.3 is 0 Å². The van der Waals surface area contributed by atoms with Crippen LogP contribution in [0.4, 0.5) is 0 Å². The molecule has 0 saturated heterocycles. The number of alkyl halides is 1. The van der Waals surface area contributed by atoms with Crippen molar-refractivity contribution in [2.75, 3.05) is 0 Å². The fourth-order valence-corrected chi connectivity index (χ4v) is 4.56. The normalized spacial score (nSPS) is 15.1. The van der Waals surface area contributed by atoms with Gasteiger partial charge in [-0.25, -0.2) is 0 Å². The maximum Gasteiger partial charge on any atom is 0.0519 e. The van der Waals surface area contributed by atoms with E-state index in [0.717, 1.165) is 5.92 Å². The topological polar surface area (TPSA) is 0 Å². The Morgan fingerprint density at radius 3 is 2.44 bits per heavy atom. The van der Waals surface area contributed by atoms with Gasteiger partial charge in [0, 0.05) is 9.75 Å². The fourth-order valence-electron chi connectivity index (χ4n) is 2.17. The third kappa shape index (κ3) is 3.59. The van der Waals surface area contributed by atoms with Crippen LogP contribution in [0.3, 0.4) is 0 Å². The molecule has 2 unspecified atom stereocenters. The monoisotopic (exact) mass is 302 g/mol. The summed E-state index contributed by atoms with van der Waals surface area (Å²) in [6.45, 7) is 9.02. The summed E-state index contributed by atoms with van der Waals surface area (Å²) >= 11 is 5.87. The van der Waals surface area contributed by atoms with Gasteiger partial charge in [-0.3, -0.25) is 0 Å². The molecule has 1 aromatic heterocycles. The summed E-state index contributed by atoms with van der Waals surface area (Å²) in [5.74, 6) is 0.789. The Bertz CT molecular complexity index is 317. The van der Waals surface area contributed by atoms with Crippen LogP contribution < -0.4 is 0 Å². The molecule has 0 radical (unpaired) electrons. The predicted octanol–water partition coefficient (Wildman–Crippen LogP) is 6.02. The molecule has 0 saturated carbocycles. The Morgan fingerprint density at radius 1 is 1.31 bits per heavy atom. The van der Waals surface area contributed by atoms with Crippen LogP contribution in [0.25, 0.3) is 0 Å². The van der Waals surface area contributed by atoms with Crippen LogP contribution in [-0.4, -0.2) is 0 Å². The lowest BCUT2D eigenvalue weighted by Gasteiger charge is -2.20. The molecule has 0 amide bonds. The maximum atomic E-state index is 3.92. The van der Waals surface area contributed by atoms with Crippen molar-refractivity contribution in [1.29, 1.82) is 0 Å². The number of thiophene rings is 1. The summed E-state index contributed by atoms with van der Waals surface area (Å²) < 4.78 is 0. The average molecular weight is 303 g/mol. The number of hydrogen-bond donors (Lipinski definition) is 0. The minimum absolute atomic E-state index is 0.558. The molecule has 0 spiro atoms. The van der Waals surface area contributed by atoms with Gasteiger partial charge in [-0.1, -0.05) is 49.0 Å². The molecule has 2 atom stereocenters. The molecule has 2 heteroatoms. The molecule has 1 heterocycles. The zero-order valence-electron chi connectivity index (χ0n) is 10.8. The van der Waals surface area contributed by atoms with E-state index in [1.807, 2.05) is 11.3 Å². The Morgan fingerprint density at radius 2 is 2.00 bits per heavy atom. The lowest BCUT2D eigenvalue weighted by atomic mass is 9.94. The Hall–Kier alpha value is 0.180. The van der Waals surface area contributed by atoms with Gasteiger partial charge in [0.15, 0.2) is 0 Å². The van der Waals surface area contributed by atoms with Crippen molar-refractivity contribution in [3.8, 4) is 0 Å². The van der Waals surface area contributed by atoms with Crippen molar-refractivity contribution >= 4 is 27.3 Å². The molecule has 0 aliphatic heterocycles. The molecule has 1 aromatic rings. The third-order valence-electron chi connectivity index (χ3n) is 3.20. The van der Waals surface area contributed by atoms with Crippen molar-refractivity contribution in [1.82, 2.24) is 0 Å². The summed E-state index contributed by atoms with van der Waals surface area (Å²) in [4.78, 5) is 3.53. The largest absolute Gasteiger partial charge is 0.144 e. The quantitative estimate of drug-likeness (QED) is 0.564. The zero-order chi connectivity index (χ0) is 12.1. The molecule has 16 heavy (non-hydrogen) atoms. The van der Waals surface area contributed by atoms with Gasteiger partial charge in [-0.05, 0) is 37.8 Å². The number of halogens is 1. The van der Waals surface area contributed by atoms with Crippen LogP contribution in [0.1, 0.15) is 59.7 Å². The highest BCUT2D eigenvalue weighted by Gasteiger charge is 2.21. The van der Waals surface area contributed by atoms with E-state index in [-0.39, 0.29) is 0 Å². The van der Waals surface area contributed by atoms with Gasteiger partial charge in [0.1, 0.15) is 0 Å². The first-order valence-corrected chi connectivity index (χ1v) is 8.04. The van der Waals surface area contributed by atoms with Crippen molar-refractivity contribution in [2.45, 2.75) is 58.2 Å². The van der Waals surface area contributed by atoms with Crippen LogP contribution in [0, 0.1) is 19.8 Å². The number of hydrogen-bond acceptors (Lipinski definition) is 1. The molecule has 0 aliphatic rings. The fraction of sp³-hybridized carbons (Fsp3) is 0.714. The first kappa shape index (κ1) is 14.2. The maximum absolute atomic E-state index is 3.92. The standard InChI is InChI=1S/C14H23BrS/c1-5-7-8-12(6-2)13(15)14-10(3)9-11(4)16-14/h9,12-13H,5-8H2,1-4H3. The Kier molecular flexibility index (Phi) is 6.06. The van der Waals surface area contributed by atoms with Gasteiger partial charge in [0.25, 0.3) is 0 Å². The van der Waals surface area contributed by atoms with Crippen molar-refractivity contribution in [2.24, 2.45) is 5.92 Å². The zero-order valence-corrected chi connectivity index (χ0v) is 13.2. The number of rotatable bonds is 6. The summed E-state index contributed by atoms with van der Waals surface area (Å²) in [7, 11) is 0. The van der Waals surface area contributed by atoms with E-state index in [0.29, 0.717) is 4.83 Å². The van der Waals surface area contributed by atoms with E-state index in [9.17, 15) is 0 Å². The van der Waals surface area contributed by atoms with E-state index in [4.69, 9.17) is 0 Å². The molecule has 92 valence electrons. The van der Waals surface area contributed by atoms with Gasteiger partial charge < -0.3 is 0 Å². The molecule has 0 aliphatic carbocycles. The van der Waals surface area contributed by atoms with Crippen molar-refractivity contribution in [3.05, 3.63) is 21.4 Å². The minimum atomic E-state index is 0.558. The first-order valence-electron chi connectivity index (χ1n) is 6.31. The second kappa shape index (κ2) is 6.80. The lowest BCUT2D eigenvalue weighted by molar-refractivity contribution is 0.448. The highest BCUT2D eigenvalue weighted by atomic mass is 79.9. The smallest absolute Gasteiger partial charge is 0.0519 e. The van der Waals surface area contributed by atoms with Crippen LogP contribution >= 0.6 is 27.3 Å². The SMILES string of the molecule is CCCCC(CC)C(Br)c1sc(C)cc1C. The Balaban J connectivity index is 2.74. The van der Waals surface area contributed by atoms with Crippen LogP contribution in [0.2, 0.25) is 0 Å². The van der Waals surface area contributed by atoms with E-state index < -0.39 is 0 Å². The first-order chi connectivity index (χ1) is 7.60. The van der Waals surface area contributed by atoms with Gasteiger partial charge in [0.05, 0.1) is 4.83 Å². The molecule has 0 bridgehead atoms. The molecule has 0 aromatic carbocycles. The highest BCUT2D eigenvalue weighted by molar-refractivity contribution is 9.09. The van der Waals surface area contributed by atoms with Gasteiger partial charge in [-0.15, -0.1) is 11.3 Å². The van der Waals surface area contributed by atoms with Gasteiger partial charge in [0.2, 0.25) is 0 Å². The van der Waals surface area contributed by atoms with E-state index in [1.54, 1.807) is 4.88 Å². The summed E-state index contributed by atoms with van der Waals surface area (Å²) in [5.41, 5.74) is 1.46. The van der Waals surface area contributed by atoms with Crippen LogP contribution in [0.15, 0.2) is 6.07 Å². The second-order valence-corrected chi connectivity index (χ2v) is 6.89. The van der Waals surface area contributed by atoms with Crippen molar-refractivity contribution < 1.29 is 0 Å². The third-order valence-corrected chi connectivity index (χ3v) is 5.94. The molecular weight excluding hydrogens is 280 g/mol. The van der Waals surface area contributed by atoms with E-state index in [1.165, 1.54) is 36.1 Å². The average Bonchev–Trinajstić information content (AvgIpc) is 2.58. The minimum Gasteiger partial charge on any atom is -0.144 e. The Labute approximate surface area is 113 Å². The highest BCUT2D eigenvalue weighted by Crippen LogP contribution is 2.41. The summed E-state index contributed by atoms with van der Waals surface area (Å²) in [6.07, 6.45) is 5.27. The summed E-state index contributed by atoms with van der Waals surface area (Å²) in [6, 6.07) is 2.31. The summed E-state index contributed by atoms with van der Waals surface area (Å²) in [5, 5.41) is 0. The molecule has 0 fully saturated rings. The molecule has 0 nitrogen and oxygen atoms in total. The van der Waals surface area contributed by atoms with E-state index in [2.05, 4.69) is 49.7 Å². The second-order valence-electron chi connectivity index (χ2n) is 4.62. The molecular formula is C14H23BrS.